The normalized spacial score (nSPS) is 15.6. The van der Waals surface area contributed by atoms with Gasteiger partial charge in [0.05, 0.1) is 0 Å². The van der Waals surface area contributed by atoms with Crippen molar-refractivity contribution in [2.75, 3.05) is 25.5 Å². The molecule has 1 aliphatic rings. The maximum atomic E-state index is 13.6. The van der Waals surface area contributed by atoms with Crippen LogP contribution in [0.15, 0.2) is 65.8 Å². The van der Waals surface area contributed by atoms with E-state index >= 15 is 0 Å². The lowest BCUT2D eigenvalue weighted by Gasteiger charge is -2.34. The van der Waals surface area contributed by atoms with E-state index in [0.29, 0.717) is 24.7 Å². The molecule has 3 aromatic rings. The van der Waals surface area contributed by atoms with Crippen molar-refractivity contribution < 1.29 is 9.59 Å². The quantitative estimate of drug-likeness (QED) is 0.313. The van der Waals surface area contributed by atoms with Crippen LogP contribution in [0.2, 0.25) is 0 Å². The number of urea groups is 1. The molecule has 9 heteroatoms. The van der Waals surface area contributed by atoms with Crippen molar-refractivity contribution in [3.05, 3.63) is 81.6 Å². The zero-order valence-electron chi connectivity index (χ0n) is 19.9. The predicted octanol–water partition coefficient (Wildman–Crippen LogP) is 4.82. The number of anilines is 1. The third-order valence-corrected chi connectivity index (χ3v) is 8.46. The van der Waals surface area contributed by atoms with Crippen LogP contribution in [0, 0.1) is 0 Å². The molecule has 1 atom stereocenters. The molecule has 0 unspecified atom stereocenters. The summed E-state index contributed by atoms with van der Waals surface area (Å²) in [6.07, 6.45) is 3.94. The second-order valence-corrected chi connectivity index (χ2v) is 10.4. The first kappa shape index (κ1) is 25.4. The number of rotatable bonds is 6. The molecule has 0 saturated carbocycles. The first-order chi connectivity index (χ1) is 17.0. The van der Waals surface area contributed by atoms with Crippen LogP contribution in [0.5, 0.6) is 0 Å². The number of hydrogen-bond acceptors (Lipinski definition) is 4. The number of carbonyl (C=O) groups excluding carboxylic acids is 2. The second kappa shape index (κ2) is 11.9. The van der Waals surface area contributed by atoms with E-state index in [0.717, 1.165) is 27.6 Å². The number of likely N-dealkylation sites (tertiary alicyclic amines) is 1. The summed E-state index contributed by atoms with van der Waals surface area (Å²) in [5.74, 6) is 0.341. The molecule has 0 spiro atoms. The Bertz CT molecular complexity index is 1210. The van der Waals surface area contributed by atoms with E-state index in [4.69, 9.17) is 0 Å². The molecule has 3 amide bonds. The Morgan fingerprint density at radius 3 is 2.40 bits per heavy atom. The van der Waals surface area contributed by atoms with Crippen molar-refractivity contribution in [2.45, 2.75) is 29.2 Å². The summed E-state index contributed by atoms with van der Waals surface area (Å²) in [4.78, 5) is 34.9. The lowest BCUT2D eigenvalue weighted by molar-refractivity contribution is -0.134. The molecule has 0 radical (unpaired) electrons. The Kier molecular flexibility index (Phi) is 8.61. The maximum Gasteiger partial charge on any atom is 0.320 e. The van der Waals surface area contributed by atoms with Gasteiger partial charge in [0.2, 0.25) is 5.91 Å². The summed E-state index contributed by atoms with van der Waals surface area (Å²) in [6, 6.07) is 16.0. The highest BCUT2D eigenvalue weighted by molar-refractivity contribution is 14.1. The number of nitrogens with zero attached hydrogens (tertiary/aromatic N) is 3. The van der Waals surface area contributed by atoms with Crippen LogP contribution in [0.3, 0.4) is 0 Å². The molecule has 1 aliphatic heterocycles. The number of hydrogen-bond donors (Lipinski definition) is 2. The minimum absolute atomic E-state index is 0.0777. The van der Waals surface area contributed by atoms with Gasteiger partial charge in [-0.15, -0.1) is 11.3 Å². The third kappa shape index (κ3) is 6.32. The van der Waals surface area contributed by atoms with Crippen molar-refractivity contribution in [1.82, 2.24) is 14.8 Å². The van der Waals surface area contributed by atoms with Crippen molar-refractivity contribution in [3.63, 3.8) is 0 Å². The molecule has 0 bridgehead atoms. The van der Waals surface area contributed by atoms with Crippen LogP contribution in [-0.2, 0) is 16.3 Å². The molecule has 1 fully saturated rings. The molecule has 2 heterocycles. The van der Waals surface area contributed by atoms with E-state index in [1.807, 2.05) is 73.6 Å². The van der Waals surface area contributed by atoms with Crippen LogP contribution >= 0.6 is 33.9 Å². The van der Waals surface area contributed by atoms with Crippen molar-refractivity contribution in [1.29, 1.82) is 0 Å². The van der Waals surface area contributed by atoms with Gasteiger partial charge < -0.3 is 20.1 Å². The lowest BCUT2D eigenvalue weighted by Crippen LogP contribution is -2.46. The van der Waals surface area contributed by atoms with E-state index in [2.05, 4.69) is 49.0 Å². The van der Waals surface area contributed by atoms with Crippen LogP contribution < -0.4 is 15.4 Å². The molecule has 7 nitrogen and oxygen atoms in total. The zero-order valence-corrected chi connectivity index (χ0v) is 22.9. The third-order valence-electron chi connectivity index (χ3n) is 6.25. The minimum Gasteiger partial charge on any atom is -0.341 e. The molecule has 1 aromatic heterocycles. The number of nitrogens with one attached hydrogen (secondary N) is 2. The molecule has 1 saturated heterocycles. The van der Waals surface area contributed by atoms with Gasteiger partial charge in [0.25, 0.3) is 0 Å². The van der Waals surface area contributed by atoms with Crippen LogP contribution in [0.1, 0.15) is 40.8 Å². The number of alkyl halides is 1. The fourth-order valence-corrected chi connectivity index (χ4v) is 5.94. The number of halogens is 1. The van der Waals surface area contributed by atoms with Gasteiger partial charge in [-0.2, -0.15) is 0 Å². The van der Waals surface area contributed by atoms with E-state index in [-0.39, 0.29) is 5.91 Å². The van der Waals surface area contributed by atoms with Crippen molar-refractivity contribution in [2.24, 2.45) is 12.0 Å². The Balaban J connectivity index is 1.43. The number of piperidine rings is 1. The molecule has 0 aliphatic carbocycles. The van der Waals surface area contributed by atoms with Gasteiger partial charge in [-0.05, 0) is 42.0 Å². The summed E-state index contributed by atoms with van der Waals surface area (Å²) in [5, 5.41) is 5.77. The minimum atomic E-state index is -0.744. The summed E-state index contributed by atoms with van der Waals surface area (Å²) in [6.45, 7) is 1.32. The topological polar surface area (TPSA) is 78.7 Å². The van der Waals surface area contributed by atoms with Crippen LogP contribution in [-0.4, -0.2) is 41.5 Å². The van der Waals surface area contributed by atoms with Gasteiger partial charge in [-0.25, -0.2) is 4.79 Å². The molecule has 35 heavy (non-hydrogen) atoms. The average Bonchev–Trinajstić information content (AvgIpc) is 3.28. The average molecular weight is 604 g/mol. The monoisotopic (exact) mass is 603 g/mol. The SMILES string of the molecule is CN=c1sc(C2CCN(C(=O)[C@H](NC(=O)Nc3ccc(CI)cc3)c3ccccc3)CC2)cn1C. The van der Waals surface area contributed by atoms with Crippen LogP contribution in [0.25, 0.3) is 0 Å². The number of benzene rings is 2. The Labute approximate surface area is 223 Å². The molecule has 184 valence electrons. The summed E-state index contributed by atoms with van der Waals surface area (Å²) >= 11 is 4.02. The van der Waals surface area contributed by atoms with Gasteiger partial charge in [0.15, 0.2) is 4.80 Å². The fraction of sp³-hybridized carbons (Fsp3) is 0.346. The highest BCUT2D eigenvalue weighted by Crippen LogP contribution is 2.31. The predicted molar refractivity (Wildman–Crippen MR) is 149 cm³/mol. The fourth-order valence-electron chi connectivity index (χ4n) is 4.32. The van der Waals surface area contributed by atoms with Gasteiger partial charge in [-0.1, -0.05) is 65.1 Å². The number of carbonyl (C=O) groups is 2. The zero-order chi connectivity index (χ0) is 24.8. The van der Waals surface area contributed by atoms with Crippen molar-refractivity contribution >= 4 is 51.6 Å². The van der Waals surface area contributed by atoms with E-state index in [1.54, 1.807) is 11.3 Å². The number of thiazole rings is 1. The smallest absolute Gasteiger partial charge is 0.320 e. The maximum absolute atomic E-state index is 13.6. The van der Waals surface area contributed by atoms with Gasteiger partial charge >= 0.3 is 6.03 Å². The van der Waals surface area contributed by atoms with Gasteiger partial charge in [0.1, 0.15) is 6.04 Å². The molecular weight excluding hydrogens is 573 g/mol. The summed E-state index contributed by atoms with van der Waals surface area (Å²) in [7, 11) is 3.82. The molecule has 2 aromatic carbocycles. The summed E-state index contributed by atoms with van der Waals surface area (Å²) < 4.78 is 2.96. The van der Waals surface area contributed by atoms with Crippen molar-refractivity contribution in [3.8, 4) is 0 Å². The largest absolute Gasteiger partial charge is 0.341 e. The van der Waals surface area contributed by atoms with Crippen LogP contribution in [0.4, 0.5) is 10.5 Å². The van der Waals surface area contributed by atoms with E-state index in [1.165, 1.54) is 10.4 Å². The lowest BCUT2D eigenvalue weighted by atomic mass is 9.94. The number of aromatic nitrogens is 1. The standard InChI is InChI=1S/C26H30IN5O2S/c1-28-26-31(2)17-22(35-26)19-12-14-32(15-13-19)24(33)23(20-6-4-3-5-7-20)30-25(34)29-21-10-8-18(16-27)9-11-21/h3-11,17,19,23H,12-16H2,1-2H3,(H2,29,30,34)/t23-/m1/s1. The first-order valence-electron chi connectivity index (χ1n) is 11.6. The van der Waals surface area contributed by atoms with Gasteiger partial charge in [0, 0.05) is 48.4 Å². The number of aryl methyl sites for hydroxylation is 1. The second-order valence-electron chi connectivity index (χ2n) is 8.62. The first-order valence-corrected chi connectivity index (χ1v) is 14.0. The molecule has 4 rings (SSSR count). The highest BCUT2D eigenvalue weighted by atomic mass is 127. The van der Waals surface area contributed by atoms with E-state index in [9.17, 15) is 9.59 Å². The Morgan fingerprint density at radius 1 is 1.11 bits per heavy atom. The molecular formula is C26H30IN5O2S. The Morgan fingerprint density at radius 2 is 1.80 bits per heavy atom. The van der Waals surface area contributed by atoms with Gasteiger partial charge in [-0.3, -0.25) is 9.79 Å². The molecule has 2 N–H and O–H groups in total. The Hall–Kier alpha value is -2.66. The van der Waals surface area contributed by atoms with E-state index < -0.39 is 12.1 Å². The highest BCUT2D eigenvalue weighted by Gasteiger charge is 2.31. The number of amides is 3. The summed E-state index contributed by atoms with van der Waals surface area (Å²) in [5.41, 5.74) is 2.65.